The minimum absolute atomic E-state index is 0.560. The van der Waals surface area contributed by atoms with Gasteiger partial charge in [0.1, 0.15) is 0 Å². The molecular formula is C16H22N4. The molecular weight excluding hydrogens is 248 g/mol. The molecule has 20 heavy (non-hydrogen) atoms. The smallest absolute Gasteiger partial charge is 0.0728 e. The zero-order chi connectivity index (χ0) is 13.8. The van der Waals surface area contributed by atoms with Crippen LogP contribution in [-0.4, -0.2) is 28.9 Å². The quantitative estimate of drug-likeness (QED) is 0.927. The maximum absolute atomic E-state index is 4.31. The number of rotatable bonds is 4. The van der Waals surface area contributed by atoms with E-state index in [1.54, 1.807) is 0 Å². The average molecular weight is 270 g/mol. The van der Waals surface area contributed by atoms with Crippen molar-refractivity contribution in [1.29, 1.82) is 0 Å². The molecule has 1 fully saturated rings. The highest BCUT2D eigenvalue weighted by atomic mass is 15.3. The lowest BCUT2D eigenvalue weighted by Crippen LogP contribution is -2.39. The maximum atomic E-state index is 4.31. The molecule has 0 aliphatic carbocycles. The van der Waals surface area contributed by atoms with Crippen LogP contribution in [0.25, 0.3) is 0 Å². The molecule has 0 bridgehead atoms. The molecule has 1 N–H and O–H groups in total. The molecule has 0 unspecified atom stereocenters. The van der Waals surface area contributed by atoms with Crippen molar-refractivity contribution in [3.8, 4) is 0 Å². The van der Waals surface area contributed by atoms with Crippen LogP contribution in [0.3, 0.4) is 0 Å². The Morgan fingerprint density at radius 3 is 2.60 bits per heavy atom. The molecule has 106 valence electrons. The van der Waals surface area contributed by atoms with E-state index in [2.05, 4.69) is 58.8 Å². The van der Waals surface area contributed by atoms with Gasteiger partial charge in [0.25, 0.3) is 0 Å². The van der Waals surface area contributed by atoms with Crippen LogP contribution in [0.1, 0.15) is 19.8 Å². The third kappa shape index (κ3) is 2.95. The van der Waals surface area contributed by atoms with E-state index < -0.39 is 0 Å². The molecule has 3 rings (SSSR count). The summed E-state index contributed by atoms with van der Waals surface area (Å²) in [6.45, 7) is 5.26. The summed E-state index contributed by atoms with van der Waals surface area (Å²) in [4.78, 5) is 2.47. The minimum Gasteiger partial charge on any atom is -0.380 e. The van der Waals surface area contributed by atoms with Crippen LogP contribution in [0.2, 0.25) is 0 Å². The molecule has 1 aromatic carbocycles. The van der Waals surface area contributed by atoms with Gasteiger partial charge in [0.05, 0.1) is 11.9 Å². The van der Waals surface area contributed by atoms with Gasteiger partial charge in [-0.1, -0.05) is 18.2 Å². The Labute approximate surface area is 120 Å². The molecule has 2 heterocycles. The molecule has 0 saturated carbocycles. The second-order valence-corrected chi connectivity index (χ2v) is 5.33. The van der Waals surface area contributed by atoms with Crippen LogP contribution in [0.5, 0.6) is 0 Å². The van der Waals surface area contributed by atoms with Gasteiger partial charge in [-0.25, -0.2) is 0 Å². The summed E-state index contributed by atoms with van der Waals surface area (Å²) in [5.74, 6) is 0. The van der Waals surface area contributed by atoms with E-state index in [9.17, 15) is 0 Å². The van der Waals surface area contributed by atoms with Crippen molar-refractivity contribution in [2.75, 3.05) is 23.3 Å². The lowest BCUT2D eigenvalue weighted by atomic mass is 10.0. The molecule has 0 spiro atoms. The van der Waals surface area contributed by atoms with Crippen LogP contribution < -0.4 is 10.2 Å². The summed E-state index contributed by atoms with van der Waals surface area (Å²) >= 11 is 0. The first-order chi connectivity index (χ1) is 9.85. The Morgan fingerprint density at radius 2 is 1.95 bits per heavy atom. The first-order valence-electron chi connectivity index (χ1n) is 7.44. The fourth-order valence-electron chi connectivity index (χ4n) is 2.77. The summed E-state index contributed by atoms with van der Waals surface area (Å²) in [6.07, 6.45) is 6.36. The topological polar surface area (TPSA) is 33.1 Å². The normalized spacial score (nSPS) is 16.4. The number of benzene rings is 1. The Kier molecular flexibility index (Phi) is 3.90. The van der Waals surface area contributed by atoms with Crippen molar-refractivity contribution in [3.05, 3.63) is 42.7 Å². The fourth-order valence-corrected chi connectivity index (χ4v) is 2.77. The number of para-hydroxylation sites is 1. The van der Waals surface area contributed by atoms with Gasteiger partial charge in [0.2, 0.25) is 0 Å². The van der Waals surface area contributed by atoms with E-state index in [0.29, 0.717) is 6.04 Å². The number of aryl methyl sites for hydroxylation is 1. The van der Waals surface area contributed by atoms with Crippen LogP contribution >= 0.6 is 0 Å². The summed E-state index contributed by atoms with van der Waals surface area (Å²) in [5.41, 5.74) is 2.48. The van der Waals surface area contributed by atoms with Crippen molar-refractivity contribution >= 4 is 11.4 Å². The third-order valence-electron chi connectivity index (χ3n) is 3.94. The highest BCUT2D eigenvalue weighted by Crippen LogP contribution is 2.21. The summed E-state index contributed by atoms with van der Waals surface area (Å²) < 4.78 is 1.96. The first kappa shape index (κ1) is 13.0. The van der Waals surface area contributed by atoms with Crippen molar-refractivity contribution in [3.63, 3.8) is 0 Å². The molecule has 2 aromatic rings. The lowest BCUT2D eigenvalue weighted by Gasteiger charge is -2.34. The molecule has 1 saturated heterocycles. The highest BCUT2D eigenvalue weighted by molar-refractivity contribution is 5.47. The Morgan fingerprint density at radius 1 is 1.20 bits per heavy atom. The van der Waals surface area contributed by atoms with Gasteiger partial charge < -0.3 is 10.2 Å². The highest BCUT2D eigenvalue weighted by Gasteiger charge is 2.19. The monoisotopic (exact) mass is 270 g/mol. The second kappa shape index (κ2) is 5.99. The van der Waals surface area contributed by atoms with Crippen molar-refractivity contribution < 1.29 is 0 Å². The van der Waals surface area contributed by atoms with E-state index in [1.807, 2.05) is 10.9 Å². The third-order valence-corrected chi connectivity index (χ3v) is 3.94. The van der Waals surface area contributed by atoms with Gasteiger partial charge in [0.15, 0.2) is 0 Å². The standard InChI is InChI=1S/C16H22N4/c1-2-20-13-15(12-17-20)18-14-8-10-19(11-9-14)16-6-4-3-5-7-16/h3-7,12-14,18H,2,8-11H2,1H3. The number of hydrogen-bond donors (Lipinski definition) is 1. The fraction of sp³-hybridized carbons (Fsp3) is 0.438. The Bertz CT molecular complexity index is 526. The zero-order valence-electron chi connectivity index (χ0n) is 12.0. The summed E-state index contributed by atoms with van der Waals surface area (Å²) in [7, 11) is 0. The van der Waals surface area contributed by atoms with Crippen LogP contribution in [0.15, 0.2) is 42.7 Å². The predicted octanol–water partition coefficient (Wildman–Crippen LogP) is 2.98. The molecule has 0 radical (unpaired) electrons. The Hall–Kier alpha value is -1.97. The van der Waals surface area contributed by atoms with Crippen LogP contribution in [0, 0.1) is 0 Å². The number of anilines is 2. The molecule has 0 amide bonds. The molecule has 1 aliphatic heterocycles. The van der Waals surface area contributed by atoms with E-state index in [4.69, 9.17) is 0 Å². The number of aromatic nitrogens is 2. The van der Waals surface area contributed by atoms with Crippen molar-refractivity contribution in [2.45, 2.75) is 32.4 Å². The summed E-state index contributed by atoms with van der Waals surface area (Å²) in [5, 5.41) is 7.90. The van der Waals surface area contributed by atoms with E-state index in [-0.39, 0.29) is 0 Å². The van der Waals surface area contributed by atoms with Gasteiger partial charge in [-0.2, -0.15) is 5.10 Å². The number of nitrogens with zero attached hydrogens (tertiary/aromatic N) is 3. The average Bonchev–Trinajstić information content (AvgIpc) is 2.97. The largest absolute Gasteiger partial charge is 0.380 e. The van der Waals surface area contributed by atoms with Gasteiger partial charge in [-0.3, -0.25) is 4.68 Å². The Balaban J connectivity index is 1.53. The minimum atomic E-state index is 0.560. The summed E-state index contributed by atoms with van der Waals surface area (Å²) in [6, 6.07) is 11.2. The van der Waals surface area contributed by atoms with E-state index >= 15 is 0 Å². The van der Waals surface area contributed by atoms with Crippen LogP contribution in [-0.2, 0) is 6.54 Å². The van der Waals surface area contributed by atoms with Gasteiger partial charge in [0, 0.05) is 37.6 Å². The van der Waals surface area contributed by atoms with Crippen molar-refractivity contribution in [1.82, 2.24) is 9.78 Å². The van der Waals surface area contributed by atoms with E-state index in [1.165, 1.54) is 18.5 Å². The number of nitrogens with one attached hydrogen (secondary N) is 1. The van der Waals surface area contributed by atoms with E-state index in [0.717, 1.165) is 25.3 Å². The second-order valence-electron chi connectivity index (χ2n) is 5.33. The molecule has 4 nitrogen and oxygen atoms in total. The maximum Gasteiger partial charge on any atom is 0.0728 e. The predicted molar refractivity (Wildman–Crippen MR) is 83.2 cm³/mol. The number of hydrogen-bond acceptors (Lipinski definition) is 3. The number of piperidine rings is 1. The van der Waals surface area contributed by atoms with Gasteiger partial charge in [-0.15, -0.1) is 0 Å². The molecule has 4 heteroatoms. The lowest BCUT2D eigenvalue weighted by molar-refractivity contribution is 0.526. The van der Waals surface area contributed by atoms with Crippen molar-refractivity contribution in [2.24, 2.45) is 0 Å². The zero-order valence-corrected chi connectivity index (χ0v) is 12.0. The van der Waals surface area contributed by atoms with Crippen LogP contribution in [0.4, 0.5) is 11.4 Å². The molecule has 1 aromatic heterocycles. The molecule has 0 atom stereocenters. The van der Waals surface area contributed by atoms with Gasteiger partial charge >= 0.3 is 0 Å². The first-order valence-corrected chi connectivity index (χ1v) is 7.44. The molecule has 1 aliphatic rings. The van der Waals surface area contributed by atoms with Gasteiger partial charge in [-0.05, 0) is 31.9 Å². The SMILES string of the molecule is CCn1cc(NC2CCN(c3ccccc3)CC2)cn1.